The van der Waals surface area contributed by atoms with E-state index in [2.05, 4.69) is 52.2 Å². The molecule has 0 atom stereocenters. The number of guanidine groups is 1. The first-order valence-corrected chi connectivity index (χ1v) is 8.01. The van der Waals surface area contributed by atoms with Crippen molar-refractivity contribution < 1.29 is 4.74 Å². The fraction of sp³-hybridized carbons (Fsp3) is 0.500. The molecule has 0 aliphatic carbocycles. The molecule has 0 amide bonds. The molecule has 112 valence electrons. The monoisotopic (exact) mass is 359 g/mol. The van der Waals surface area contributed by atoms with Crippen LogP contribution in [0.3, 0.4) is 0 Å². The number of aliphatic imine (C=N–C) groups is 1. The maximum atomic E-state index is 5.80. The SMILES string of the molecule is COCCNC(N)=NCC(C)(C)Sc1ccc(Br)cc1. The number of thioether (sulfide) groups is 1. The van der Waals surface area contributed by atoms with Crippen LogP contribution in [0.25, 0.3) is 0 Å². The van der Waals surface area contributed by atoms with Crippen LogP contribution in [-0.2, 0) is 4.74 Å². The molecule has 0 aliphatic rings. The normalized spacial score (nSPS) is 12.5. The number of rotatable bonds is 7. The van der Waals surface area contributed by atoms with Crippen molar-refractivity contribution >= 4 is 33.7 Å². The van der Waals surface area contributed by atoms with E-state index >= 15 is 0 Å². The first-order valence-electron chi connectivity index (χ1n) is 6.40. The number of nitrogens with one attached hydrogen (secondary N) is 1. The summed E-state index contributed by atoms with van der Waals surface area (Å²) >= 11 is 5.23. The Labute approximate surface area is 133 Å². The molecule has 0 fully saturated rings. The van der Waals surface area contributed by atoms with Crippen molar-refractivity contribution in [1.82, 2.24) is 5.32 Å². The number of nitrogens with two attached hydrogens (primary N) is 1. The minimum Gasteiger partial charge on any atom is -0.383 e. The summed E-state index contributed by atoms with van der Waals surface area (Å²) in [5.41, 5.74) is 5.80. The molecule has 0 saturated carbocycles. The first-order chi connectivity index (χ1) is 9.43. The third-order valence-electron chi connectivity index (χ3n) is 2.45. The van der Waals surface area contributed by atoms with Crippen LogP contribution in [-0.4, -0.2) is 37.5 Å². The number of methoxy groups -OCH3 is 1. The maximum Gasteiger partial charge on any atom is 0.188 e. The number of hydrogen-bond donors (Lipinski definition) is 2. The average Bonchev–Trinajstić information content (AvgIpc) is 2.39. The van der Waals surface area contributed by atoms with Crippen molar-refractivity contribution in [1.29, 1.82) is 0 Å². The van der Waals surface area contributed by atoms with Crippen LogP contribution in [0.4, 0.5) is 0 Å². The van der Waals surface area contributed by atoms with Crippen LogP contribution in [0.15, 0.2) is 38.6 Å². The number of benzene rings is 1. The molecule has 20 heavy (non-hydrogen) atoms. The zero-order chi connectivity index (χ0) is 15.0. The smallest absolute Gasteiger partial charge is 0.188 e. The Balaban J connectivity index is 2.47. The Bertz CT molecular complexity index is 435. The predicted octanol–water partition coefficient (Wildman–Crippen LogP) is 2.87. The summed E-state index contributed by atoms with van der Waals surface area (Å²) in [7, 11) is 1.66. The van der Waals surface area contributed by atoms with Gasteiger partial charge in [-0.25, -0.2) is 0 Å². The van der Waals surface area contributed by atoms with E-state index in [0.717, 1.165) is 4.47 Å². The highest BCUT2D eigenvalue weighted by Gasteiger charge is 2.19. The van der Waals surface area contributed by atoms with E-state index < -0.39 is 0 Å². The third kappa shape index (κ3) is 7.17. The van der Waals surface area contributed by atoms with Gasteiger partial charge in [0.2, 0.25) is 0 Å². The standard InChI is InChI=1S/C14H22BrN3OS/c1-14(2,10-18-13(16)17-8-9-19-3)20-12-6-4-11(15)5-7-12/h4-7H,8-10H2,1-3H3,(H3,16,17,18). The summed E-state index contributed by atoms with van der Waals surface area (Å²) in [6.07, 6.45) is 0. The molecule has 0 unspecified atom stereocenters. The van der Waals surface area contributed by atoms with E-state index in [1.165, 1.54) is 4.90 Å². The Morgan fingerprint density at radius 2 is 2.05 bits per heavy atom. The Hall–Kier alpha value is -0.720. The average molecular weight is 360 g/mol. The lowest BCUT2D eigenvalue weighted by Gasteiger charge is -2.22. The van der Waals surface area contributed by atoms with Crippen molar-refractivity contribution in [2.24, 2.45) is 10.7 Å². The number of ether oxygens (including phenoxy) is 1. The van der Waals surface area contributed by atoms with Gasteiger partial charge < -0.3 is 15.8 Å². The van der Waals surface area contributed by atoms with Crippen molar-refractivity contribution in [2.45, 2.75) is 23.5 Å². The lowest BCUT2D eigenvalue weighted by atomic mass is 10.2. The van der Waals surface area contributed by atoms with E-state index in [1.54, 1.807) is 18.9 Å². The van der Waals surface area contributed by atoms with Crippen molar-refractivity contribution in [3.05, 3.63) is 28.7 Å². The Kier molecular flexibility index (Phi) is 7.40. The Morgan fingerprint density at radius 3 is 2.65 bits per heavy atom. The third-order valence-corrected chi connectivity index (χ3v) is 4.17. The molecular weight excluding hydrogens is 338 g/mol. The van der Waals surface area contributed by atoms with Gasteiger partial charge in [-0.15, -0.1) is 11.8 Å². The minimum absolute atomic E-state index is 0.0125. The van der Waals surface area contributed by atoms with E-state index in [-0.39, 0.29) is 4.75 Å². The fourth-order valence-corrected chi connectivity index (χ4v) is 2.77. The van der Waals surface area contributed by atoms with E-state index in [0.29, 0.717) is 25.7 Å². The van der Waals surface area contributed by atoms with Gasteiger partial charge in [0.15, 0.2) is 5.96 Å². The highest BCUT2D eigenvalue weighted by Crippen LogP contribution is 2.33. The van der Waals surface area contributed by atoms with Gasteiger partial charge in [0.1, 0.15) is 0 Å². The quantitative estimate of drug-likeness (QED) is 0.340. The van der Waals surface area contributed by atoms with Gasteiger partial charge in [-0.3, -0.25) is 4.99 Å². The van der Waals surface area contributed by atoms with Crippen LogP contribution >= 0.6 is 27.7 Å². The van der Waals surface area contributed by atoms with E-state index in [4.69, 9.17) is 10.5 Å². The predicted molar refractivity (Wildman–Crippen MR) is 90.4 cm³/mol. The largest absolute Gasteiger partial charge is 0.383 e. The van der Waals surface area contributed by atoms with Gasteiger partial charge in [0, 0.05) is 27.8 Å². The van der Waals surface area contributed by atoms with Gasteiger partial charge >= 0.3 is 0 Å². The lowest BCUT2D eigenvalue weighted by Crippen LogP contribution is -2.35. The lowest BCUT2D eigenvalue weighted by molar-refractivity contribution is 0.204. The second-order valence-electron chi connectivity index (χ2n) is 4.94. The van der Waals surface area contributed by atoms with E-state index in [1.807, 2.05) is 12.1 Å². The molecule has 0 saturated heterocycles. The second kappa shape index (κ2) is 8.54. The van der Waals surface area contributed by atoms with Crippen LogP contribution in [0.2, 0.25) is 0 Å². The van der Waals surface area contributed by atoms with Crippen molar-refractivity contribution in [2.75, 3.05) is 26.8 Å². The number of hydrogen-bond acceptors (Lipinski definition) is 3. The van der Waals surface area contributed by atoms with Gasteiger partial charge in [-0.05, 0) is 38.1 Å². The summed E-state index contributed by atoms with van der Waals surface area (Å²) in [5.74, 6) is 0.464. The van der Waals surface area contributed by atoms with Gasteiger partial charge in [0.25, 0.3) is 0 Å². The first kappa shape index (κ1) is 17.3. The highest BCUT2D eigenvalue weighted by molar-refractivity contribution is 9.10. The molecule has 0 bridgehead atoms. The van der Waals surface area contributed by atoms with Gasteiger partial charge in [-0.1, -0.05) is 15.9 Å². The van der Waals surface area contributed by atoms with Crippen LogP contribution in [0, 0.1) is 0 Å². The second-order valence-corrected chi connectivity index (χ2v) is 7.63. The maximum absolute atomic E-state index is 5.80. The molecule has 0 radical (unpaired) electrons. The molecule has 1 aromatic carbocycles. The molecule has 0 aliphatic heterocycles. The number of halogens is 1. The van der Waals surface area contributed by atoms with Gasteiger partial charge in [0.05, 0.1) is 13.2 Å². The molecular formula is C14H22BrN3OS. The highest BCUT2D eigenvalue weighted by atomic mass is 79.9. The number of nitrogens with zero attached hydrogens (tertiary/aromatic N) is 1. The summed E-state index contributed by atoms with van der Waals surface area (Å²) in [4.78, 5) is 5.60. The van der Waals surface area contributed by atoms with Gasteiger partial charge in [-0.2, -0.15) is 0 Å². The summed E-state index contributed by atoms with van der Waals surface area (Å²) in [6, 6.07) is 8.28. The fourth-order valence-electron chi connectivity index (χ4n) is 1.47. The summed E-state index contributed by atoms with van der Waals surface area (Å²) in [6.45, 7) is 6.26. The molecule has 1 aromatic rings. The Morgan fingerprint density at radius 1 is 1.40 bits per heavy atom. The molecule has 4 nitrogen and oxygen atoms in total. The summed E-state index contributed by atoms with van der Waals surface area (Å²) < 4.78 is 6.02. The molecule has 3 N–H and O–H groups in total. The molecule has 0 heterocycles. The molecule has 6 heteroatoms. The van der Waals surface area contributed by atoms with E-state index in [9.17, 15) is 0 Å². The zero-order valence-corrected chi connectivity index (χ0v) is 14.6. The van der Waals surface area contributed by atoms with Crippen LogP contribution < -0.4 is 11.1 Å². The topological polar surface area (TPSA) is 59.6 Å². The molecule has 0 aromatic heterocycles. The zero-order valence-electron chi connectivity index (χ0n) is 12.1. The molecule has 1 rings (SSSR count). The van der Waals surface area contributed by atoms with Crippen LogP contribution in [0.1, 0.15) is 13.8 Å². The molecule has 0 spiro atoms. The van der Waals surface area contributed by atoms with Crippen LogP contribution in [0.5, 0.6) is 0 Å². The minimum atomic E-state index is -0.0125. The van der Waals surface area contributed by atoms with Crippen molar-refractivity contribution in [3.63, 3.8) is 0 Å². The van der Waals surface area contributed by atoms with Crippen molar-refractivity contribution in [3.8, 4) is 0 Å². The summed E-state index contributed by atoms with van der Waals surface area (Å²) in [5, 5.41) is 3.01.